The van der Waals surface area contributed by atoms with Crippen LogP contribution in [0.4, 0.5) is 0 Å². The van der Waals surface area contributed by atoms with Crippen molar-refractivity contribution in [3.8, 4) is 0 Å². The number of ether oxygens (including phenoxy) is 1. The van der Waals surface area contributed by atoms with Gasteiger partial charge in [-0.2, -0.15) is 0 Å². The Kier molecular flexibility index (Phi) is 8.46. The third-order valence-corrected chi connectivity index (χ3v) is 6.58. The van der Waals surface area contributed by atoms with E-state index in [2.05, 4.69) is 4.72 Å². The Morgan fingerprint density at radius 2 is 1.75 bits per heavy atom. The van der Waals surface area contributed by atoms with Gasteiger partial charge >= 0.3 is 0 Å². The first-order valence-electron chi connectivity index (χ1n) is 8.74. The fourth-order valence-electron chi connectivity index (χ4n) is 2.39. The molecule has 28 heavy (non-hydrogen) atoms. The highest BCUT2D eigenvalue weighted by atomic mass is 32.2. The van der Waals surface area contributed by atoms with Crippen molar-refractivity contribution >= 4 is 32.9 Å². The summed E-state index contributed by atoms with van der Waals surface area (Å²) in [6.45, 7) is 1.81. The maximum atomic E-state index is 12.2. The van der Waals surface area contributed by atoms with Crippen LogP contribution in [0.3, 0.4) is 0 Å². The number of benzene rings is 1. The third kappa shape index (κ3) is 6.61. The molecule has 2 aromatic rings. The minimum Gasteiger partial charge on any atom is -0.394 e. The van der Waals surface area contributed by atoms with Crippen molar-refractivity contribution < 1.29 is 27.9 Å². The quantitative estimate of drug-likeness (QED) is 0.398. The van der Waals surface area contributed by atoms with Crippen molar-refractivity contribution in [1.29, 1.82) is 0 Å². The van der Waals surface area contributed by atoms with Crippen molar-refractivity contribution in [3.63, 3.8) is 0 Å². The minimum absolute atomic E-state index is 0.0428. The van der Waals surface area contributed by atoms with Gasteiger partial charge in [0, 0.05) is 13.0 Å². The number of thiophene rings is 1. The van der Waals surface area contributed by atoms with Gasteiger partial charge < -0.3 is 9.84 Å². The lowest BCUT2D eigenvalue weighted by Gasteiger charge is -2.08. The SMILES string of the molecule is CC(=O)c1ccc(C(=O)CCc2ccc(S(=O)(=O)NCCOCCO)cc2)s1. The molecule has 0 aliphatic carbocycles. The summed E-state index contributed by atoms with van der Waals surface area (Å²) in [7, 11) is -3.63. The molecule has 0 atom stereocenters. The van der Waals surface area contributed by atoms with E-state index in [0.717, 1.165) is 5.56 Å². The van der Waals surface area contributed by atoms with Crippen LogP contribution < -0.4 is 4.72 Å². The lowest BCUT2D eigenvalue weighted by Crippen LogP contribution is -2.27. The standard InChI is InChI=1S/C19H23NO6S2/c1-14(22)18-8-9-19(27-18)17(23)7-4-15-2-5-16(6-3-15)28(24,25)20-10-12-26-13-11-21/h2-3,5-6,8-9,20-21H,4,7,10-13H2,1H3. The third-order valence-electron chi connectivity index (χ3n) is 3.88. The molecule has 1 heterocycles. The Morgan fingerprint density at radius 1 is 1.07 bits per heavy atom. The Balaban J connectivity index is 1.87. The summed E-state index contributed by atoms with van der Waals surface area (Å²) in [5.74, 6) is -0.104. The van der Waals surface area contributed by atoms with Crippen molar-refractivity contribution in [2.75, 3.05) is 26.4 Å². The monoisotopic (exact) mass is 425 g/mol. The molecule has 0 aliphatic heterocycles. The van der Waals surface area contributed by atoms with Gasteiger partial charge in [0.1, 0.15) is 0 Å². The Labute approximate surface area is 168 Å². The molecule has 0 unspecified atom stereocenters. The van der Waals surface area contributed by atoms with Gasteiger partial charge in [0.05, 0.1) is 34.5 Å². The summed E-state index contributed by atoms with van der Waals surface area (Å²) in [6, 6.07) is 9.67. The average Bonchev–Trinajstić information content (AvgIpc) is 3.17. The predicted molar refractivity (Wildman–Crippen MR) is 107 cm³/mol. The van der Waals surface area contributed by atoms with Crippen LogP contribution >= 0.6 is 11.3 Å². The summed E-state index contributed by atoms with van der Waals surface area (Å²) in [5.41, 5.74) is 0.849. The molecule has 152 valence electrons. The van der Waals surface area contributed by atoms with E-state index >= 15 is 0 Å². The first kappa shape index (κ1) is 22.4. The van der Waals surface area contributed by atoms with Crippen molar-refractivity contribution in [2.24, 2.45) is 0 Å². The number of hydrogen-bond donors (Lipinski definition) is 2. The van der Waals surface area contributed by atoms with Crippen LogP contribution in [0.5, 0.6) is 0 Å². The second-order valence-electron chi connectivity index (χ2n) is 6.02. The molecule has 9 heteroatoms. The largest absolute Gasteiger partial charge is 0.394 e. The number of ketones is 2. The van der Waals surface area contributed by atoms with Crippen LogP contribution in [-0.2, 0) is 21.2 Å². The second kappa shape index (κ2) is 10.6. The van der Waals surface area contributed by atoms with E-state index in [-0.39, 0.29) is 49.2 Å². The normalized spacial score (nSPS) is 11.5. The van der Waals surface area contributed by atoms with E-state index in [4.69, 9.17) is 9.84 Å². The number of nitrogens with one attached hydrogen (secondary N) is 1. The van der Waals surface area contributed by atoms with Gasteiger partial charge in [-0.1, -0.05) is 12.1 Å². The molecule has 0 bridgehead atoms. The van der Waals surface area contributed by atoms with E-state index in [1.54, 1.807) is 24.3 Å². The molecule has 0 spiro atoms. The van der Waals surface area contributed by atoms with Crippen molar-refractivity contribution in [2.45, 2.75) is 24.7 Å². The zero-order valence-electron chi connectivity index (χ0n) is 15.5. The topological polar surface area (TPSA) is 110 Å². The number of aliphatic hydroxyl groups is 1. The van der Waals surface area contributed by atoms with Crippen LogP contribution in [0.15, 0.2) is 41.3 Å². The molecule has 0 aliphatic rings. The van der Waals surface area contributed by atoms with Gasteiger partial charge in [-0.25, -0.2) is 13.1 Å². The van der Waals surface area contributed by atoms with Gasteiger partial charge in [0.2, 0.25) is 10.0 Å². The molecule has 1 aromatic heterocycles. The molecule has 2 rings (SSSR count). The summed E-state index contributed by atoms with van der Waals surface area (Å²) in [4.78, 5) is 24.8. The summed E-state index contributed by atoms with van der Waals surface area (Å²) >= 11 is 1.19. The molecule has 0 saturated carbocycles. The zero-order chi connectivity index (χ0) is 20.6. The predicted octanol–water partition coefficient (Wildman–Crippen LogP) is 2.05. The lowest BCUT2D eigenvalue weighted by atomic mass is 10.1. The van der Waals surface area contributed by atoms with E-state index < -0.39 is 10.0 Å². The van der Waals surface area contributed by atoms with Crippen LogP contribution in [0, 0.1) is 0 Å². The molecule has 2 N–H and O–H groups in total. The van der Waals surface area contributed by atoms with E-state index in [0.29, 0.717) is 16.2 Å². The number of aliphatic hydroxyl groups excluding tert-OH is 1. The van der Waals surface area contributed by atoms with Gasteiger partial charge in [-0.05, 0) is 43.2 Å². The van der Waals surface area contributed by atoms with Crippen LogP contribution in [0.2, 0.25) is 0 Å². The highest BCUT2D eigenvalue weighted by Gasteiger charge is 2.14. The highest BCUT2D eigenvalue weighted by molar-refractivity contribution is 7.89. The molecular formula is C19H23NO6S2. The maximum Gasteiger partial charge on any atom is 0.240 e. The first-order valence-corrected chi connectivity index (χ1v) is 11.0. The molecule has 7 nitrogen and oxygen atoms in total. The van der Waals surface area contributed by atoms with Crippen LogP contribution in [-0.4, -0.2) is 51.5 Å². The highest BCUT2D eigenvalue weighted by Crippen LogP contribution is 2.20. The van der Waals surface area contributed by atoms with Gasteiger partial charge in [0.25, 0.3) is 0 Å². The summed E-state index contributed by atoms with van der Waals surface area (Å²) in [6.07, 6.45) is 0.763. The van der Waals surface area contributed by atoms with Crippen molar-refractivity contribution in [1.82, 2.24) is 4.72 Å². The van der Waals surface area contributed by atoms with Gasteiger partial charge in [-0.3, -0.25) is 9.59 Å². The lowest BCUT2D eigenvalue weighted by molar-refractivity contribution is 0.0961. The molecule has 1 aromatic carbocycles. The summed E-state index contributed by atoms with van der Waals surface area (Å²) < 4.78 is 31.8. The number of carbonyl (C=O) groups is 2. The fraction of sp³-hybridized carbons (Fsp3) is 0.368. The smallest absolute Gasteiger partial charge is 0.240 e. The Hall–Kier alpha value is -1.91. The average molecular weight is 426 g/mol. The number of carbonyl (C=O) groups excluding carboxylic acids is 2. The fourth-order valence-corrected chi connectivity index (χ4v) is 4.27. The van der Waals surface area contributed by atoms with E-state index in [1.165, 1.54) is 30.4 Å². The first-order chi connectivity index (χ1) is 13.3. The number of Topliss-reactive ketones (excluding diaryl/α,β-unsaturated/α-hetero) is 2. The molecule has 0 saturated heterocycles. The molecule has 0 fully saturated rings. The minimum atomic E-state index is -3.63. The number of hydrogen-bond acceptors (Lipinski definition) is 7. The Morgan fingerprint density at radius 3 is 2.36 bits per heavy atom. The number of sulfonamides is 1. The maximum absolute atomic E-state index is 12.2. The van der Waals surface area contributed by atoms with Crippen LogP contribution in [0.25, 0.3) is 0 Å². The van der Waals surface area contributed by atoms with Gasteiger partial charge in [-0.15, -0.1) is 11.3 Å². The summed E-state index contributed by atoms with van der Waals surface area (Å²) in [5, 5.41) is 8.60. The molecule has 0 amide bonds. The number of aryl methyl sites for hydroxylation is 1. The second-order valence-corrected chi connectivity index (χ2v) is 8.87. The molecule has 0 radical (unpaired) electrons. The number of rotatable bonds is 12. The van der Waals surface area contributed by atoms with Gasteiger partial charge in [0.15, 0.2) is 11.6 Å². The van der Waals surface area contributed by atoms with E-state index in [1.807, 2.05) is 0 Å². The van der Waals surface area contributed by atoms with Crippen LogP contribution in [0.1, 0.15) is 38.3 Å². The molecular weight excluding hydrogens is 402 g/mol. The van der Waals surface area contributed by atoms with Crippen molar-refractivity contribution in [3.05, 3.63) is 51.7 Å². The Bertz CT molecular complexity index is 903. The van der Waals surface area contributed by atoms with E-state index in [9.17, 15) is 18.0 Å². The zero-order valence-corrected chi connectivity index (χ0v) is 17.1.